The van der Waals surface area contributed by atoms with Crippen molar-refractivity contribution in [1.29, 1.82) is 0 Å². The second-order valence-electron chi connectivity index (χ2n) is 6.65. The molecule has 0 bridgehead atoms. The fourth-order valence-electron chi connectivity index (χ4n) is 2.82. The molecule has 0 spiro atoms. The number of rotatable bonds is 8. The third-order valence-corrected chi connectivity index (χ3v) is 6.02. The maximum Gasteiger partial charge on any atom is 0.244 e. The van der Waals surface area contributed by atoms with Crippen molar-refractivity contribution in [3.63, 3.8) is 0 Å². The number of carbonyl (C=O) groups is 2. The molecule has 7 nitrogen and oxygen atoms in total. The van der Waals surface area contributed by atoms with Gasteiger partial charge in [-0.05, 0) is 42.8 Å². The van der Waals surface area contributed by atoms with Crippen molar-refractivity contribution in [3.05, 3.63) is 64.9 Å². The van der Waals surface area contributed by atoms with Crippen LogP contribution in [0.2, 0.25) is 5.02 Å². The van der Waals surface area contributed by atoms with Gasteiger partial charge in [0.05, 0.1) is 11.9 Å². The van der Waals surface area contributed by atoms with Crippen LogP contribution in [0.3, 0.4) is 0 Å². The first kappa shape index (κ1) is 23.6. The fourth-order valence-corrected chi connectivity index (χ4v) is 3.87. The second-order valence-corrected chi connectivity index (χ2v) is 8.96. The van der Waals surface area contributed by atoms with Crippen LogP contribution in [0.15, 0.2) is 48.5 Å². The van der Waals surface area contributed by atoms with Gasteiger partial charge < -0.3 is 10.2 Å². The Balaban J connectivity index is 2.38. The highest BCUT2D eigenvalue weighted by Crippen LogP contribution is 2.21. The summed E-state index contributed by atoms with van der Waals surface area (Å²) in [5.74, 6) is -1.56. The molecule has 1 N–H and O–H groups in total. The van der Waals surface area contributed by atoms with Gasteiger partial charge in [0, 0.05) is 18.6 Å². The van der Waals surface area contributed by atoms with Gasteiger partial charge in [-0.1, -0.05) is 29.8 Å². The van der Waals surface area contributed by atoms with Gasteiger partial charge in [-0.3, -0.25) is 13.9 Å². The molecule has 0 aliphatic heterocycles. The Kier molecular flexibility index (Phi) is 7.80. The topological polar surface area (TPSA) is 86.8 Å². The van der Waals surface area contributed by atoms with Crippen molar-refractivity contribution in [1.82, 2.24) is 10.2 Å². The molecule has 0 aliphatic rings. The van der Waals surface area contributed by atoms with Crippen LogP contribution in [0.1, 0.15) is 12.5 Å². The highest BCUT2D eigenvalue weighted by molar-refractivity contribution is 7.92. The molecule has 10 heteroatoms. The third-order valence-electron chi connectivity index (χ3n) is 4.51. The van der Waals surface area contributed by atoms with Crippen molar-refractivity contribution >= 4 is 39.1 Å². The number of nitrogens with zero attached hydrogens (tertiary/aromatic N) is 2. The van der Waals surface area contributed by atoms with Crippen molar-refractivity contribution in [2.45, 2.75) is 19.5 Å². The molecule has 2 rings (SSSR count). The third kappa shape index (κ3) is 5.93. The molecular weight excluding hydrogens is 433 g/mol. The Morgan fingerprint density at radius 1 is 1.13 bits per heavy atom. The lowest BCUT2D eigenvalue weighted by Gasteiger charge is -2.31. The van der Waals surface area contributed by atoms with Gasteiger partial charge in [-0.2, -0.15) is 0 Å². The summed E-state index contributed by atoms with van der Waals surface area (Å²) in [6.07, 6.45) is 0.949. The monoisotopic (exact) mass is 455 g/mol. The number of carbonyl (C=O) groups excluding carboxylic acids is 2. The van der Waals surface area contributed by atoms with E-state index in [9.17, 15) is 22.4 Å². The molecule has 1 atom stereocenters. The molecule has 0 heterocycles. The molecule has 0 aliphatic carbocycles. The Labute approximate surface area is 180 Å². The number of likely N-dealkylation sites (N-methyl/N-ethyl adjacent to an activating group) is 1. The average molecular weight is 456 g/mol. The van der Waals surface area contributed by atoms with Crippen molar-refractivity contribution < 1.29 is 22.4 Å². The smallest absolute Gasteiger partial charge is 0.244 e. The molecule has 0 saturated heterocycles. The van der Waals surface area contributed by atoms with Gasteiger partial charge in [0.1, 0.15) is 18.4 Å². The van der Waals surface area contributed by atoms with Crippen molar-refractivity contribution in [2.24, 2.45) is 0 Å². The number of sulfonamides is 1. The summed E-state index contributed by atoms with van der Waals surface area (Å²) in [5.41, 5.74) is 0.744. The molecule has 0 aromatic heterocycles. The lowest BCUT2D eigenvalue weighted by atomic mass is 10.1. The van der Waals surface area contributed by atoms with Gasteiger partial charge in [-0.25, -0.2) is 12.8 Å². The summed E-state index contributed by atoms with van der Waals surface area (Å²) < 4.78 is 38.7. The minimum absolute atomic E-state index is 0.00805. The molecule has 2 aromatic rings. The van der Waals surface area contributed by atoms with E-state index in [1.165, 1.54) is 31.0 Å². The number of hydrogen-bond donors (Lipinski definition) is 1. The van der Waals surface area contributed by atoms with E-state index in [0.717, 1.165) is 22.7 Å². The molecule has 2 amide bonds. The predicted octanol–water partition coefficient (Wildman–Crippen LogP) is 2.41. The van der Waals surface area contributed by atoms with Gasteiger partial charge in [0.15, 0.2) is 0 Å². The van der Waals surface area contributed by atoms with E-state index in [-0.39, 0.29) is 12.2 Å². The van der Waals surface area contributed by atoms with Gasteiger partial charge in [0.25, 0.3) is 0 Å². The fraction of sp³-hybridized carbons (Fsp3) is 0.300. The summed E-state index contributed by atoms with van der Waals surface area (Å²) in [5, 5.41) is 2.90. The number of benzene rings is 2. The first-order chi connectivity index (χ1) is 14.0. The summed E-state index contributed by atoms with van der Waals surface area (Å²) in [7, 11) is -2.41. The predicted molar refractivity (Wildman–Crippen MR) is 114 cm³/mol. The first-order valence-corrected chi connectivity index (χ1v) is 11.2. The van der Waals surface area contributed by atoms with E-state index in [1.54, 1.807) is 24.3 Å². The summed E-state index contributed by atoms with van der Waals surface area (Å²) >= 11 is 6.20. The average Bonchev–Trinajstić information content (AvgIpc) is 2.70. The van der Waals surface area contributed by atoms with Crippen molar-refractivity contribution in [2.75, 3.05) is 24.2 Å². The van der Waals surface area contributed by atoms with Crippen LogP contribution in [0.25, 0.3) is 0 Å². The van der Waals surface area contributed by atoms with Crippen LogP contribution in [-0.2, 0) is 26.2 Å². The van der Waals surface area contributed by atoms with Crippen LogP contribution in [0, 0.1) is 5.82 Å². The standard InChI is InChI=1S/C20H23ClFN3O4S/c1-14(20(27)23-2)24(12-15-6-4-5-7-18(15)21)19(26)13-25(30(3,28)29)17-10-8-16(22)9-11-17/h4-11,14H,12-13H2,1-3H3,(H,23,27)/t14-/m0/s1. The maximum atomic E-state index is 13.3. The largest absolute Gasteiger partial charge is 0.357 e. The number of anilines is 1. The minimum Gasteiger partial charge on any atom is -0.357 e. The van der Waals surface area contributed by atoms with E-state index in [1.807, 2.05) is 0 Å². The zero-order valence-corrected chi connectivity index (χ0v) is 18.4. The van der Waals surface area contributed by atoms with E-state index >= 15 is 0 Å². The number of hydrogen-bond acceptors (Lipinski definition) is 4. The quantitative estimate of drug-likeness (QED) is 0.662. The highest BCUT2D eigenvalue weighted by atomic mass is 35.5. The Morgan fingerprint density at radius 2 is 1.73 bits per heavy atom. The maximum absolute atomic E-state index is 13.3. The molecule has 30 heavy (non-hydrogen) atoms. The van der Waals surface area contributed by atoms with Gasteiger partial charge in [0.2, 0.25) is 21.8 Å². The van der Waals surface area contributed by atoms with Crippen molar-refractivity contribution in [3.8, 4) is 0 Å². The van der Waals surface area contributed by atoms with Crippen LogP contribution in [0.5, 0.6) is 0 Å². The molecular formula is C20H23ClFN3O4S. The molecule has 0 saturated carbocycles. The minimum atomic E-state index is -3.86. The molecule has 0 unspecified atom stereocenters. The highest BCUT2D eigenvalue weighted by Gasteiger charge is 2.30. The van der Waals surface area contributed by atoms with Crippen LogP contribution < -0.4 is 9.62 Å². The zero-order valence-electron chi connectivity index (χ0n) is 16.8. The molecule has 0 fully saturated rings. The van der Waals surface area contributed by atoms with Gasteiger partial charge >= 0.3 is 0 Å². The molecule has 0 radical (unpaired) electrons. The second kappa shape index (κ2) is 9.90. The summed E-state index contributed by atoms with van der Waals surface area (Å²) in [4.78, 5) is 26.6. The Bertz CT molecular complexity index is 1010. The lowest BCUT2D eigenvalue weighted by Crippen LogP contribution is -2.50. The van der Waals surface area contributed by atoms with E-state index in [4.69, 9.17) is 11.6 Å². The zero-order chi connectivity index (χ0) is 22.5. The van der Waals surface area contributed by atoms with E-state index < -0.39 is 40.2 Å². The van der Waals surface area contributed by atoms with E-state index in [2.05, 4.69) is 5.32 Å². The van der Waals surface area contributed by atoms with E-state index in [0.29, 0.717) is 10.6 Å². The van der Waals surface area contributed by atoms with Crippen LogP contribution in [-0.4, -0.2) is 51.0 Å². The first-order valence-electron chi connectivity index (χ1n) is 9.02. The van der Waals surface area contributed by atoms with Gasteiger partial charge in [-0.15, -0.1) is 0 Å². The molecule has 2 aromatic carbocycles. The number of nitrogens with one attached hydrogen (secondary N) is 1. The molecule has 162 valence electrons. The Hall–Kier alpha value is -2.65. The Morgan fingerprint density at radius 3 is 2.27 bits per heavy atom. The normalized spacial score (nSPS) is 12.2. The SMILES string of the molecule is CNC(=O)[C@H](C)N(Cc1ccccc1Cl)C(=O)CN(c1ccc(F)cc1)S(C)(=O)=O. The van der Waals surface area contributed by atoms with Crippen LogP contribution in [0.4, 0.5) is 10.1 Å². The lowest BCUT2D eigenvalue weighted by molar-refractivity contribution is -0.139. The number of amides is 2. The van der Waals surface area contributed by atoms with Crippen LogP contribution >= 0.6 is 11.6 Å². The summed E-state index contributed by atoms with van der Waals surface area (Å²) in [6.45, 7) is 0.987. The number of halogens is 2. The summed E-state index contributed by atoms with van der Waals surface area (Å²) in [6, 6.07) is 10.7.